The maximum Gasteiger partial charge on any atom is 0.293 e. The molecular weight excluding hydrogens is 438 g/mol. The minimum absolute atomic E-state index is 0.139. The minimum atomic E-state index is -3.57. The van der Waals surface area contributed by atoms with E-state index in [9.17, 15) is 23.3 Å². The lowest BCUT2D eigenvalue weighted by Crippen LogP contribution is -2.28. The number of hydrogen-bond acceptors (Lipinski definition) is 8. The summed E-state index contributed by atoms with van der Waals surface area (Å²) >= 11 is 0. The highest BCUT2D eigenvalue weighted by Gasteiger charge is 2.18. The quantitative estimate of drug-likeness (QED) is 0.277. The first-order chi connectivity index (χ1) is 15.2. The molecule has 0 radical (unpaired) electrons. The Kier molecular flexibility index (Phi) is 8.82. The maximum absolute atomic E-state index is 12.5. The first kappa shape index (κ1) is 24.9. The Morgan fingerprint density at radius 1 is 1.06 bits per heavy atom. The highest BCUT2D eigenvalue weighted by atomic mass is 32.2. The number of sulfone groups is 1. The van der Waals surface area contributed by atoms with Crippen LogP contribution in [0.25, 0.3) is 0 Å². The van der Waals surface area contributed by atoms with Gasteiger partial charge in [-0.2, -0.15) is 0 Å². The number of benzene rings is 2. The van der Waals surface area contributed by atoms with Crippen molar-refractivity contribution >= 4 is 27.1 Å². The van der Waals surface area contributed by atoms with Gasteiger partial charge in [-0.3, -0.25) is 14.9 Å². The third-order valence-corrected chi connectivity index (χ3v) is 5.40. The number of anilines is 1. The van der Waals surface area contributed by atoms with Crippen LogP contribution in [0.3, 0.4) is 0 Å². The van der Waals surface area contributed by atoms with Crippen LogP contribution in [-0.2, 0) is 9.84 Å². The highest BCUT2D eigenvalue weighted by Crippen LogP contribution is 2.29. The second-order valence-corrected chi connectivity index (χ2v) is 8.85. The number of nitrogens with one attached hydrogen (secondary N) is 2. The molecule has 2 aromatic rings. The van der Waals surface area contributed by atoms with Crippen molar-refractivity contribution in [3.63, 3.8) is 0 Å². The Morgan fingerprint density at radius 3 is 2.44 bits per heavy atom. The molecule has 10 nitrogen and oxygen atoms in total. The molecule has 0 fully saturated rings. The van der Waals surface area contributed by atoms with Gasteiger partial charge in [0.05, 0.1) is 23.0 Å². The summed E-state index contributed by atoms with van der Waals surface area (Å²) in [4.78, 5) is 22.9. The Balaban J connectivity index is 2.00. The predicted molar refractivity (Wildman–Crippen MR) is 120 cm³/mol. The van der Waals surface area contributed by atoms with Crippen LogP contribution in [0.1, 0.15) is 30.6 Å². The second-order valence-electron chi connectivity index (χ2n) is 6.83. The van der Waals surface area contributed by atoms with Gasteiger partial charge >= 0.3 is 0 Å². The molecule has 0 bridgehead atoms. The smallest absolute Gasteiger partial charge is 0.293 e. The van der Waals surface area contributed by atoms with Crippen molar-refractivity contribution in [2.24, 2.45) is 0 Å². The number of carbonyl (C=O) groups excluding carboxylic acids is 1. The molecule has 0 saturated carbocycles. The number of ether oxygens (including phenoxy) is 2. The largest absolute Gasteiger partial charge is 0.490 e. The third kappa shape index (κ3) is 6.84. The van der Waals surface area contributed by atoms with Crippen molar-refractivity contribution in [2.45, 2.75) is 25.2 Å². The van der Waals surface area contributed by atoms with E-state index in [0.29, 0.717) is 30.3 Å². The molecule has 0 spiro atoms. The van der Waals surface area contributed by atoms with Gasteiger partial charge in [-0.1, -0.05) is 6.92 Å². The fourth-order valence-electron chi connectivity index (χ4n) is 2.77. The second kappa shape index (κ2) is 11.3. The summed E-state index contributed by atoms with van der Waals surface area (Å²) in [5, 5.41) is 16.9. The number of amides is 1. The fourth-order valence-corrected chi connectivity index (χ4v) is 3.41. The predicted octanol–water partition coefficient (Wildman–Crippen LogP) is 3.03. The number of rotatable bonds is 12. The molecule has 2 aromatic carbocycles. The van der Waals surface area contributed by atoms with Crippen molar-refractivity contribution in [2.75, 3.05) is 37.9 Å². The minimum Gasteiger partial charge on any atom is -0.490 e. The van der Waals surface area contributed by atoms with Gasteiger partial charge in [0.2, 0.25) is 0 Å². The summed E-state index contributed by atoms with van der Waals surface area (Å²) in [6, 6.07) is 8.55. The first-order valence-corrected chi connectivity index (χ1v) is 12.0. The van der Waals surface area contributed by atoms with E-state index in [1.54, 1.807) is 18.2 Å². The standard InChI is InChI=1S/C21H27N3O7S/c1-4-12-31-19-9-6-15(13-20(19)30-5-2)21(25)23-11-10-22-17-8-7-16(32(3,28)29)14-18(17)24(26)27/h6-9,13-14,22H,4-5,10-12H2,1-3H3,(H,23,25). The van der Waals surface area contributed by atoms with Gasteiger partial charge in [-0.05, 0) is 43.7 Å². The number of carbonyl (C=O) groups is 1. The van der Waals surface area contributed by atoms with Gasteiger partial charge in [0.15, 0.2) is 21.3 Å². The number of nitrogens with zero attached hydrogens (tertiary/aromatic N) is 1. The van der Waals surface area contributed by atoms with Gasteiger partial charge in [-0.15, -0.1) is 0 Å². The average molecular weight is 466 g/mol. The van der Waals surface area contributed by atoms with Crippen LogP contribution >= 0.6 is 0 Å². The molecular formula is C21H27N3O7S. The molecule has 2 N–H and O–H groups in total. The van der Waals surface area contributed by atoms with E-state index in [4.69, 9.17) is 9.47 Å². The van der Waals surface area contributed by atoms with Crippen molar-refractivity contribution < 1.29 is 27.6 Å². The van der Waals surface area contributed by atoms with Gasteiger partial charge in [0.1, 0.15) is 5.69 Å². The molecule has 32 heavy (non-hydrogen) atoms. The SMILES string of the molecule is CCCOc1ccc(C(=O)NCCNc2ccc(S(C)(=O)=O)cc2[N+](=O)[O-])cc1OCC. The summed E-state index contributed by atoms with van der Waals surface area (Å²) in [6.07, 6.45) is 1.82. The monoisotopic (exact) mass is 465 g/mol. The van der Waals surface area contributed by atoms with Gasteiger partial charge in [0.25, 0.3) is 11.6 Å². The lowest BCUT2D eigenvalue weighted by Gasteiger charge is -2.13. The lowest BCUT2D eigenvalue weighted by atomic mass is 10.2. The summed E-state index contributed by atoms with van der Waals surface area (Å²) in [5.41, 5.74) is 0.191. The van der Waals surface area contributed by atoms with E-state index in [2.05, 4.69) is 10.6 Å². The van der Waals surface area contributed by atoms with Crippen molar-refractivity contribution in [3.8, 4) is 11.5 Å². The Hall–Kier alpha value is -3.34. The molecule has 0 aliphatic heterocycles. The normalized spacial score (nSPS) is 11.0. The van der Waals surface area contributed by atoms with Crippen LogP contribution < -0.4 is 20.1 Å². The van der Waals surface area contributed by atoms with Crippen LogP contribution in [0.2, 0.25) is 0 Å². The molecule has 2 rings (SSSR count). The molecule has 11 heteroatoms. The molecule has 0 heterocycles. The molecule has 0 saturated heterocycles. The maximum atomic E-state index is 12.5. The molecule has 0 aliphatic carbocycles. The van der Waals surface area contributed by atoms with E-state index in [0.717, 1.165) is 18.7 Å². The van der Waals surface area contributed by atoms with Crippen molar-refractivity contribution in [3.05, 3.63) is 52.1 Å². The van der Waals surface area contributed by atoms with E-state index in [-0.39, 0.29) is 35.3 Å². The van der Waals surface area contributed by atoms with Crippen LogP contribution in [0, 0.1) is 10.1 Å². The van der Waals surface area contributed by atoms with Crippen LogP contribution in [0.15, 0.2) is 41.3 Å². The zero-order valence-electron chi connectivity index (χ0n) is 18.2. The number of hydrogen-bond donors (Lipinski definition) is 2. The third-order valence-electron chi connectivity index (χ3n) is 4.29. The van der Waals surface area contributed by atoms with E-state index in [1.165, 1.54) is 12.1 Å². The topological polar surface area (TPSA) is 137 Å². The van der Waals surface area contributed by atoms with Crippen molar-refractivity contribution in [1.82, 2.24) is 5.32 Å². The van der Waals surface area contributed by atoms with E-state index < -0.39 is 14.8 Å². The van der Waals surface area contributed by atoms with Gasteiger partial charge in [-0.25, -0.2) is 8.42 Å². The summed E-state index contributed by atoms with van der Waals surface area (Å²) in [7, 11) is -3.57. The Morgan fingerprint density at radius 2 is 1.81 bits per heavy atom. The van der Waals surface area contributed by atoms with Crippen molar-refractivity contribution in [1.29, 1.82) is 0 Å². The molecule has 1 amide bonds. The van der Waals surface area contributed by atoms with Gasteiger partial charge in [0, 0.05) is 31.0 Å². The molecule has 0 atom stereocenters. The van der Waals surface area contributed by atoms with Crippen LogP contribution in [-0.4, -0.2) is 51.8 Å². The number of nitro groups is 1. The fraction of sp³-hybridized carbons (Fsp3) is 0.381. The zero-order chi connectivity index (χ0) is 23.7. The van der Waals surface area contributed by atoms with E-state index in [1.807, 2.05) is 13.8 Å². The molecule has 0 aliphatic rings. The Bertz CT molecular complexity index is 1070. The van der Waals surface area contributed by atoms with Crippen LogP contribution in [0.5, 0.6) is 11.5 Å². The summed E-state index contributed by atoms with van der Waals surface area (Å²) in [5.74, 6) is 0.710. The molecule has 174 valence electrons. The van der Waals surface area contributed by atoms with E-state index >= 15 is 0 Å². The highest BCUT2D eigenvalue weighted by molar-refractivity contribution is 7.90. The molecule has 0 aromatic heterocycles. The molecule has 0 unspecified atom stereocenters. The van der Waals surface area contributed by atoms with Crippen LogP contribution in [0.4, 0.5) is 11.4 Å². The summed E-state index contributed by atoms with van der Waals surface area (Å²) in [6.45, 7) is 5.17. The average Bonchev–Trinajstić information content (AvgIpc) is 2.75. The number of nitro benzene ring substituents is 1. The van der Waals surface area contributed by atoms with Gasteiger partial charge < -0.3 is 20.1 Å². The first-order valence-electron chi connectivity index (χ1n) is 10.1. The summed E-state index contributed by atoms with van der Waals surface area (Å²) < 4.78 is 34.4. The lowest BCUT2D eigenvalue weighted by molar-refractivity contribution is -0.384. The Labute approximate surface area is 187 Å². The zero-order valence-corrected chi connectivity index (χ0v) is 19.0.